The lowest BCUT2D eigenvalue weighted by Crippen LogP contribution is -2.47. The predicted molar refractivity (Wildman–Crippen MR) is 280 cm³/mol. The van der Waals surface area contributed by atoms with E-state index in [-0.39, 0.29) is 48.8 Å². The number of ether oxygens (including phenoxy) is 1. The van der Waals surface area contributed by atoms with Crippen LogP contribution >= 0.6 is 0 Å². The molecule has 0 spiro atoms. The average molecular weight is 968 g/mol. The summed E-state index contributed by atoms with van der Waals surface area (Å²) in [5, 5.41) is 65.0. The number of rotatable bonds is 20. The van der Waals surface area contributed by atoms with Crippen LogP contribution in [0.3, 0.4) is 0 Å². The molecule has 11 N–H and O–H groups in total. The molecule has 0 amide bonds. The third-order valence-electron chi connectivity index (χ3n) is 17.1. The Hall–Kier alpha value is -4.92. The molecular weight excluding hydrogens is 891 g/mol. The Balaban J connectivity index is 0.695. The fraction of sp³-hybridized carbons (Fsp3) is 0.525. The Bertz CT molecular complexity index is 2770. The van der Waals surface area contributed by atoms with Crippen LogP contribution in [0.1, 0.15) is 140 Å². The summed E-state index contributed by atoms with van der Waals surface area (Å²) >= 11 is 0. The molecule has 10 rings (SSSR count). The number of H-pyrrole nitrogens is 2. The molecule has 0 bridgehead atoms. The summed E-state index contributed by atoms with van der Waals surface area (Å²) in [6.07, 6.45) is 18.5. The predicted octanol–water partition coefficient (Wildman–Crippen LogP) is 9.18. The zero-order valence-corrected chi connectivity index (χ0v) is 41.7. The number of benzene rings is 3. The van der Waals surface area contributed by atoms with Crippen molar-refractivity contribution in [2.75, 3.05) is 26.7 Å². The third kappa shape index (κ3) is 10.8. The number of nitrogens with one attached hydrogen (secondary N) is 4. The molecule has 0 radical (unpaired) electrons. The van der Waals surface area contributed by atoms with E-state index < -0.39 is 18.3 Å². The first-order valence-electron chi connectivity index (χ1n) is 26.8. The number of phenolic OH excluding ortho intramolecular Hbond substituents is 1. The molecule has 0 saturated heterocycles. The van der Waals surface area contributed by atoms with Crippen LogP contribution in [-0.2, 0) is 32.3 Å². The smallest absolute Gasteiger partial charge is 0.161 e. The first kappa shape index (κ1) is 49.6. The molecule has 6 aromatic rings. The highest BCUT2D eigenvalue weighted by Gasteiger charge is 2.42. The molecule has 4 aliphatic rings. The number of aromatic nitrogens is 2. The van der Waals surface area contributed by atoms with E-state index in [2.05, 4.69) is 69.2 Å². The van der Waals surface area contributed by atoms with Gasteiger partial charge in [-0.2, -0.15) is 0 Å². The maximum atomic E-state index is 11.7. The summed E-state index contributed by atoms with van der Waals surface area (Å²) in [6, 6.07) is 20.4. The number of aromatic hydroxyl groups is 1. The van der Waals surface area contributed by atoms with Crippen molar-refractivity contribution in [3.05, 3.63) is 124 Å². The number of unbranched alkanes of at least 4 members (excludes halogenated alkanes) is 1. The number of nitrogens with two attached hydrogens (primary N) is 1. The number of likely N-dealkylation sites (N-methyl/N-ethyl adjacent to an activating group) is 1. The number of aromatic amines is 2. The van der Waals surface area contributed by atoms with E-state index in [9.17, 15) is 25.5 Å². The molecule has 71 heavy (non-hydrogen) atoms. The van der Waals surface area contributed by atoms with Crippen molar-refractivity contribution >= 4 is 27.8 Å². The molecule has 12 nitrogen and oxygen atoms in total. The molecular formula is C59H77N5O7. The molecule has 12 heteroatoms. The van der Waals surface area contributed by atoms with E-state index in [1.165, 1.54) is 46.7 Å². The first-order chi connectivity index (χ1) is 34.5. The van der Waals surface area contributed by atoms with E-state index >= 15 is 0 Å². The Morgan fingerprint density at radius 2 is 1.79 bits per heavy atom. The summed E-state index contributed by atoms with van der Waals surface area (Å²) in [7, 11) is 1.98. The number of phenols is 1. The molecule has 380 valence electrons. The second-order valence-corrected chi connectivity index (χ2v) is 21.8. The molecule has 2 fully saturated rings. The van der Waals surface area contributed by atoms with Crippen LogP contribution in [0.2, 0.25) is 0 Å². The minimum absolute atomic E-state index is 0.00794. The molecule has 4 aliphatic carbocycles. The van der Waals surface area contributed by atoms with Gasteiger partial charge in [-0.25, -0.2) is 0 Å². The van der Waals surface area contributed by atoms with Crippen molar-refractivity contribution in [3.8, 4) is 11.5 Å². The largest absolute Gasteiger partial charge is 0.504 e. The number of fused-ring (bicyclic) bond motifs is 6. The third-order valence-corrected chi connectivity index (χ3v) is 17.1. The fourth-order valence-electron chi connectivity index (χ4n) is 13.4. The zero-order chi connectivity index (χ0) is 49.2. The molecule has 11 unspecified atom stereocenters. The summed E-state index contributed by atoms with van der Waals surface area (Å²) in [4.78, 5) is 6.90. The first-order valence-corrected chi connectivity index (χ1v) is 26.8. The summed E-state index contributed by atoms with van der Waals surface area (Å²) < 4.78 is 12.5. The van der Waals surface area contributed by atoms with Crippen molar-refractivity contribution in [1.29, 1.82) is 0 Å². The van der Waals surface area contributed by atoms with Gasteiger partial charge in [0.15, 0.2) is 11.5 Å². The fourth-order valence-corrected chi connectivity index (χ4v) is 13.4. The second-order valence-electron chi connectivity index (χ2n) is 21.8. The SMILES string of the molecule is CNCC(NCC(C)O)C1c2cc(C(O)COc3cc(CCc4cc(CO)c(CCCCC5CCC(C6C=Cc7c(ccc8cc9[nH]ccc9cc78)C6O)C(N)C5)o4)ccc3O)[nH]c2CCC2CCCC21. The van der Waals surface area contributed by atoms with E-state index in [1.807, 2.05) is 38.4 Å². The topological polar surface area (TPSA) is 205 Å². The van der Waals surface area contributed by atoms with Gasteiger partial charge in [0, 0.05) is 83.9 Å². The minimum Gasteiger partial charge on any atom is -0.504 e. The lowest BCUT2D eigenvalue weighted by atomic mass is 9.67. The van der Waals surface area contributed by atoms with Gasteiger partial charge in [-0.15, -0.1) is 0 Å². The van der Waals surface area contributed by atoms with E-state index in [0.29, 0.717) is 42.9 Å². The van der Waals surface area contributed by atoms with Gasteiger partial charge in [-0.05, 0) is 158 Å². The molecule has 11 atom stereocenters. The molecule has 3 aromatic carbocycles. The minimum atomic E-state index is -0.915. The van der Waals surface area contributed by atoms with Gasteiger partial charge in [0.05, 0.1) is 18.8 Å². The van der Waals surface area contributed by atoms with Gasteiger partial charge in [0.1, 0.15) is 24.2 Å². The highest BCUT2D eigenvalue weighted by Crippen LogP contribution is 2.49. The average Bonchev–Trinajstić information content (AvgIpc) is 4.19. The zero-order valence-electron chi connectivity index (χ0n) is 41.7. The number of hydrogen-bond donors (Lipinski definition) is 10. The van der Waals surface area contributed by atoms with E-state index in [1.54, 1.807) is 6.07 Å². The summed E-state index contributed by atoms with van der Waals surface area (Å²) in [6.45, 7) is 3.04. The van der Waals surface area contributed by atoms with Gasteiger partial charge in [-0.1, -0.05) is 62.5 Å². The van der Waals surface area contributed by atoms with Gasteiger partial charge in [-0.3, -0.25) is 0 Å². The molecule has 2 saturated carbocycles. The van der Waals surface area contributed by atoms with Gasteiger partial charge in [0.2, 0.25) is 0 Å². The number of hydrogen-bond acceptors (Lipinski definition) is 10. The van der Waals surface area contributed by atoms with Crippen LogP contribution in [0.5, 0.6) is 11.5 Å². The number of furan rings is 1. The van der Waals surface area contributed by atoms with Crippen LogP contribution in [-0.4, -0.2) is 80.4 Å². The van der Waals surface area contributed by atoms with Crippen LogP contribution in [0.25, 0.3) is 27.8 Å². The number of aryl methyl sites for hydroxylation is 4. The van der Waals surface area contributed by atoms with Crippen LogP contribution in [0.15, 0.2) is 77.4 Å². The molecule has 3 heterocycles. The van der Waals surface area contributed by atoms with Gasteiger partial charge >= 0.3 is 0 Å². The highest BCUT2D eigenvalue weighted by atomic mass is 16.5. The van der Waals surface area contributed by atoms with Crippen LogP contribution < -0.4 is 21.1 Å². The Kier molecular flexibility index (Phi) is 15.4. The highest BCUT2D eigenvalue weighted by molar-refractivity contribution is 6.01. The lowest BCUT2D eigenvalue weighted by Gasteiger charge is -2.41. The van der Waals surface area contributed by atoms with Crippen molar-refractivity contribution in [2.45, 2.75) is 140 Å². The van der Waals surface area contributed by atoms with Gasteiger partial charge in [0.25, 0.3) is 0 Å². The summed E-state index contributed by atoms with van der Waals surface area (Å²) in [5.41, 5.74) is 15.1. The maximum Gasteiger partial charge on any atom is 0.161 e. The Morgan fingerprint density at radius 3 is 2.62 bits per heavy atom. The Labute approximate surface area is 418 Å². The normalized spacial score (nSPS) is 25.5. The van der Waals surface area contributed by atoms with E-state index in [0.717, 1.165) is 109 Å². The molecule has 3 aromatic heterocycles. The number of aliphatic hydroxyl groups is 4. The quantitative estimate of drug-likeness (QED) is 0.0329. The van der Waals surface area contributed by atoms with Crippen molar-refractivity contribution in [3.63, 3.8) is 0 Å². The standard InChI is InChI=1S/C59H77N5O7/c1-34(66)30-63-53(31-61-2)58-42-8-5-7-37(42)14-20-50-48(58)29-52(64-50)55(68)33-70-57-25-36(12-21-54(57)67)10-15-41-26-40(32-65)56(71-41)9-4-3-6-35-11-16-44(49(60)24-35)46-19-18-43-45(59(46)69)17-13-38-28-51-39(22-23-62-51)27-47(38)43/h12-13,17-19,21-23,25-29,34-35,37,42,44,46,49,53,55,58-59,61-69H,3-11,14-16,20,24,30-33,60H2,1-2H3. The monoisotopic (exact) mass is 968 g/mol. The second kappa shape index (κ2) is 22.1. The lowest BCUT2D eigenvalue weighted by molar-refractivity contribution is 0.0653. The van der Waals surface area contributed by atoms with Crippen molar-refractivity contribution in [1.82, 2.24) is 20.6 Å². The maximum absolute atomic E-state index is 11.7. The van der Waals surface area contributed by atoms with Crippen LogP contribution in [0.4, 0.5) is 0 Å². The Morgan fingerprint density at radius 1 is 0.901 bits per heavy atom. The summed E-state index contributed by atoms with van der Waals surface area (Å²) in [5.74, 6) is 4.29. The number of aliphatic hydroxyl groups excluding tert-OH is 4. The van der Waals surface area contributed by atoms with E-state index in [4.69, 9.17) is 14.9 Å². The van der Waals surface area contributed by atoms with Crippen LogP contribution in [0, 0.1) is 29.6 Å². The van der Waals surface area contributed by atoms with Crippen molar-refractivity contribution < 1.29 is 34.7 Å². The molecule has 0 aliphatic heterocycles. The van der Waals surface area contributed by atoms with Gasteiger partial charge < -0.3 is 61.0 Å². The van der Waals surface area contributed by atoms with Crippen molar-refractivity contribution in [2.24, 2.45) is 35.3 Å².